The lowest BCUT2D eigenvalue weighted by Crippen LogP contribution is -2.49. The first-order chi connectivity index (χ1) is 18.5. The maximum Gasteiger partial charge on any atom is 0.242 e. The fraction of sp³-hybridized carbons (Fsp3) is 0.500. The number of carbonyl (C=O) groups is 2. The highest BCUT2D eigenvalue weighted by Crippen LogP contribution is 2.34. The molecule has 1 N–H and O–H groups in total. The molecule has 0 spiro atoms. The van der Waals surface area contributed by atoms with Crippen LogP contribution in [0.25, 0.3) is 0 Å². The van der Waals surface area contributed by atoms with Gasteiger partial charge in [0.2, 0.25) is 21.8 Å². The maximum absolute atomic E-state index is 13.5. The molecule has 0 saturated carbocycles. The fourth-order valence-electron chi connectivity index (χ4n) is 4.32. The summed E-state index contributed by atoms with van der Waals surface area (Å²) in [5, 5.41) is 3.52. The zero-order chi connectivity index (χ0) is 28.6. The van der Waals surface area contributed by atoms with E-state index in [1.54, 1.807) is 35.2 Å². The molecule has 0 unspecified atom stereocenters. The second-order valence-electron chi connectivity index (χ2n) is 9.98. The van der Waals surface area contributed by atoms with Crippen molar-refractivity contribution in [3.63, 3.8) is 0 Å². The number of carbonyl (C=O) groups excluding carboxylic acids is 2. The quantitative estimate of drug-likeness (QED) is 0.381. The predicted octanol–water partition coefficient (Wildman–Crippen LogP) is 4.24. The van der Waals surface area contributed by atoms with Crippen LogP contribution in [0.3, 0.4) is 0 Å². The van der Waals surface area contributed by atoms with Crippen molar-refractivity contribution < 1.29 is 27.5 Å². The Morgan fingerprint density at radius 3 is 2.33 bits per heavy atom. The molecular formula is C28H38ClN3O6S. The van der Waals surface area contributed by atoms with E-state index in [0.717, 1.165) is 11.8 Å². The largest absolute Gasteiger partial charge is 0.486 e. The van der Waals surface area contributed by atoms with Gasteiger partial charge < -0.3 is 19.7 Å². The van der Waals surface area contributed by atoms with Crippen molar-refractivity contribution in [1.82, 2.24) is 10.2 Å². The zero-order valence-electron chi connectivity index (χ0n) is 23.0. The van der Waals surface area contributed by atoms with E-state index in [1.807, 2.05) is 32.9 Å². The van der Waals surface area contributed by atoms with Crippen LogP contribution in [0.4, 0.5) is 5.69 Å². The lowest BCUT2D eigenvalue weighted by Gasteiger charge is -2.31. The third-order valence-corrected chi connectivity index (χ3v) is 7.75. The molecule has 0 aromatic heterocycles. The van der Waals surface area contributed by atoms with E-state index in [9.17, 15) is 18.0 Å². The molecule has 0 fully saturated rings. The molecule has 1 atom stereocenters. The fourth-order valence-corrected chi connectivity index (χ4v) is 5.40. The maximum atomic E-state index is 13.5. The highest BCUT2D eigenvalue weighted by molar-refractivity contribution is 7.92. The summed E-state index contributed by atoms with van der Waals surface area (Å²) in [6.07, 6.45) is 1.90. The van der Waals surface area contributed by atoms with Crippen molar-refractivity contribution >= 4 is 39.1 Å². The molecular weight excluding hydrogens is 542 g/mol. The number of rotatable bonds is 13. The minimum Gasteiger partial charge on any atom is -0.486 e. The Balaban J connectivity index is 1.75. The molecule has 0 bridgehead atoms. The van der Waals surface area contributed by atoms with Crippen molar-refractivity contribution in [3.8, 4) is 11.5 Å². The first-order valence-corrected chi connectivity index (χ1v) is 15.4. The Morgan fingerprint density at radius 2 is 1.72 bits per heavy atom. The number of anilines is 1. The van der Waals surface area contributed by atoms with Gasteiger partial charge >= 0.3 is 0 Å². The third-order valence-electron chi connectivity index (χ3n) is 6.30. The van der Waals surface area contributed by atoms with Crippen molar-refractivity contribution in [3.05, 3.63) is 53.1 Å². The van der Waals surface area contributed by atoms with Gasteiger partial charge in [-0.3, -0.25) is 13.9 Å². The van der Waals surface area contributed by atoms with Gasteiger partial charge in [-0.05, 0) is 48.6 Å². The Bertz CT molecular complexity index is 1240. The minimum atomic E-state index is -3.63. The molecule has 2 aromatic carbocycles. The van der Waals surface area contributed by atoms with Crippen LogP contribution in [0.15, 0.2) is 42.5 Å². The van der Waals surface area contributed by atoms with E-state index >= 15 is 0 Å². The SMILES string of the molecule is CC[C@H](C(=O)NCC(C)C)N(Cc1ccc(Cl)cc1)C(=O)CCCN(c1ccc2c(c1)OCCO2)S(C)(=O)=O. The first kappa shape index (κ1) is 30.6. The average Bonchev–Trinajstić information content (AvgIpc) is 2.89. The van der Waals surface area contributed by atoms with E-state index in [2.05, 4.69) is 5.32 Å². The number of halogens is 1. The summed E-state index contributed by atoms with van der Waals surface area (Å²) in [5.74, 6) is 0.882. The molecule has 1 aliphatic heterocycles. The van der Waals surface area contributed by atoms with E-state index in [4.69, 9.17) is 21.1 Å². The molecule has 3 rings (SSSR count). The summed E-state index contributed by atoms with van der Waals surface area (Å²) in [7, 11) is -3.63. The summed E-state index contributed by atoms with van der Waals surface area (Å²) in [6, 6.07) is 11.5. The van der Waals surface area contributed by atoms with Gasteiger partial charge in [0.1, 0.15) is 19.3 Å². The van der Waals surface area contributed by atoms with Crippen LogP contribution in [0.2, 0.25) is 5.02 Å². The monoisotopic (exact) mass is 579 g/mol. The van der Waals surface area contributed by atoms with Crippen LogP contribution in [-0.2, 0) is 26.2 Å². The molecule has 214 valence electrons. The minimum absolute atomic E-state index is 0.0676. The van der Waals surface area contributed by atoms with Crippen LogP contribution < -0.4 is 19.1 Å². The molecule has 2 amide bonds. The van der Waals surface area contributed by atoms with Gasteiger partial charge in [-0.2, -0.15) is 0 Å². The summed E-state index contributed by atoms with van der Waals surface area (Å²) < 4.78 is 37.7. The number of nitrogens with one attached hydrogen (secondary N) is 1. The Morgan fingerprint density at radius 1 is 1.05 bits per heavy atom. The van der Waals surface area contributed by atoms with Crippen LogP contribution in [0, 0.1) is 5.92 Å². The van der Waals surface area contributed by atoms with E-state index < -0.39 is 16.1 Å². The Labute approximate surface area is 236 Å². The summed E-state index contributed by atoms with van der Waals surface area (Å²) in [6.45, 7) is 7.55. The number of nitrogens with zero attached hydrogens (tertiary/aromatic N) is 2. The highest BCUT2D eigenvalue weighted by Gasteiger charge is 2.29. The average molecular weight is 580 g/mol. The molecule has 39 heavy (non-hydrogen) atoms. The van der Waals surface area contributed by atoms with Crippen molar-refractivity contribution in [2.24, 2.45) is 5.92 Å². The first-order valence-electron chi connectivity index (χ1n) is 13.2. The number of ether oxygens (including phenoxy) is 2. The van der Waals surface area contributed by atoms with Crippen molar-refractivity contribution in [2.45, 2.75) is 52.6 Å². The van der Waals surface area contributed by atoms with Gasteiger partial charge in [0.25, 0.3) is 0 Å². The molecule has 0 aliphatic carbocycles. The Kier molecular flexibility index (Phi) is 10.9. The number of benzene rings is 2. The van der Waals surface area contributed by atoms with Crippen LogP contribution in [-0.4, -0.2) is 63.7 Å². The van der Waals surface area contributed by atoms with E-state index in [0.29, 0.717) is 48.4 Å². The summed E-state index contributed by atoms with van der Waals surface area (Å²) >= 11 is 6.03. The lowest BCUT2D eigenvalue weighted by atomic mass is 10.1. The van der Waals surface area contributed by atoms with Gasteiger partial charge in [-0.1, -0.05) is 44.5 Å². The van der Waals surface area contributed by atoms with Crippen molar-refractivity contribution in [2.75, 3.05) is 36.9 Å². The van der Waals surface area contributed by atoms with Crippen LogP contribution in [0.1, 0.15) is 45.6 Å². The van der Waals surface area contributed by atoms with Gasteiger partial charge in [0, 0.05) is 37.1 Å². The van der Waals surface area contributed by atoms with Crippen LogP contribution in [0.5, 0.6) is 11.5 Å². The number of hydrogen-bond acceptors (Lipinski definition) is 6. The molecule has 1 heterocycles. The lowest BCUT2D eigenvalue weighted by molar-refractivity contribution is -0.141. The van der Waals surface area contributed by atoms with Gasteiger partial charge in [-0.25, -0.2) is 8.42 Å². The standard InChI is InChI=1S/C28H38ClN3O6S/c1-5-24(28(34)30-18-20(2)3)31(19-21-8-10-22(29)11-9-21)27(33)7-6-14-32(39(4,35)36)23-12-13-25-26(17-23)38-16-15-37-25/h8-13,17,20,24H,5-7,14-16,18-19H2,1-4H3,(H,30,34)/t24-/m1/s1. The zero-order valence-corrected chi connectivity index (χ0v) is 24.6. The number of sulfonamides is 1. The number of fused-ring (bicyclic) bond motifs is 1. The number of amides is 2. The molecule has 0 radical (unpaired) electrons. The molecule has 0 saturated heterocycles. The highest BCUT2D eigenvalue weighted by atomic mass is 35.5. The summed E-state index contributed by atoms with van der Waals surface area (Å²) in [5.41, 5.74) is 1.28. The van der Waals surface area contributed by atoms with E-state index in [1.165, 1.54) is 4.31 Å². The van der Waals surface area contributed by atoms with Gasteiger partial charge in [-0.15, -0.1) is 0 Å². The molecule has 1 aliphatic rings. The van der Waals surface area contributed by atoms with E-state index in [-0.39, 0.29) is 43.7 Å². The Hall–Kier alpha value is -2.98. The van der Waals surface area contributed by atoms with Gasteiger partial charge in [0.15, 0.2) is 11.5 Å². The van der Waals surface area contributed by atoms with Gasteiger partial charge in [0.05, 0.1) is 11.9 Å². The summed E-state index contributed by atoms with van der Waals surface area (Å²) in [4.78, 5) is 28.2. The third kappa shape index (κ3) is 8.76. The normalized spacial score (nSPS) is 13.6. The smallest absolute Gasteiger partial charge is 0.242 e. The second kappa shape index (κ2) is 13.9. The topological polar surface area (TPSA) is 105 Å². The second-order valence-corrected chi connectivity index (χ2v) is 12.3. The predicted molar refractivity (Wildman–Crippen MR) is 153 cm³/mol. The molecule has 2 aromatic rings. The number of hydrogen-bond donors (Lipinski definition) is 1. The molecule has 9 nitrogen and oxygen atoms in total. The van der Waals surface area contributed by atoms with Crippen LogP contribution >= 0.6 is 11.6 Å². The molecule has 11 heteroatoms. The van der Waals surface area contributed by atoms with Crippen molar-refractivity contribution in [1.29, 1.82) is 0 Å².